The molecule has 0 amide bonds. The zero-order valence-electron chi connectivity index (χ0n) is 6.80. The van der Waals surface area contributed by atoms with Crippen LogP contribution in [0.2, 0.25) is 0 Å². The predicted octanol–water partition coefficient (Wildman–Crippen LogP) is 1.15. The summed E-state index contributed by atoms with van der Waals surface area (Å²) < 4.78 is 0. The summed E-state index contributed by atoms with van der Waals surface area (Å²) in [4.78, 5) is 2.24. The van der Waals surface area contributed by atoms with Crippen molar-refractivity contribution in [1.82, 2.24) is 4.90 Å². The number of nitrogens with zero attached hydrogens (tertiary/aromatic N) is 1. The van der Waals surface area contributed by atoms with Crippen LogP contribution in [0, 0.1) is 5.92 Å². The first-order valence-corrected chi connectivity index (χ1v) is 3.90. The van der Waals surface area contributed by atoms with Crippen molar-refractivity contribution in [2.45, 2.75) is 20.3 Å². The number of rotatable bonds is 1. The second kappa shape index (κ2) is 2.95. The summed E-state index contributed by atoms with van der Waals surface area (Å²) in [6.45, 7) is 6.52. The molecule has 0 aromatic heterocycles. The third-order valence-electron chi connectivity index (χ3n) is 2.08. The molecule has 0 bridgehead atoms. The molecule has 2 nitrogen and oxygen atoms in total. The Bertz CT molecular complexity index is 140. The van der Waals surface area contributed by atoms with E-state index in [1.807, 2.05) is 13.0 Å². The monoisotopic (exact) mass is 140 g/mol. The molecule has 1 saturated heterocycles. The molecule has 0 aliphatic carbocycles. The molecule has 1 aliphatic rings. The Morgan fingerprint density at radius 3 is 2.80 bits per heavy atom. The van der Waals surface area contributed by atoms with E-state index < -0.39 is 0 Å². The average molecular weight is 140 g/mol. The molecular formula is C8H16N2. The van der Waals surface area contributed by atoms with Gasteiger partial charge in [0.1, 0.15) is 0 Å². The molecule has 10 heavy (non-hydrogen) atoms. The molecule has 58 valence electrons. The van der Waals surface area contributed by atoms with Gasteiger partial charge in [-0.15, -0.1) is 0 Å². The van der Waals surface area contributed by atoms with Gasteiger partial charge in [0.05, 0.1) is 5.82 Å². The van der Waals surface area contributed by atoms with Gasteiger partial charge in [-0.3, -0.25) is 0 Å². The van der Waals surface area contributed by atoms with Gasteiger partial charge in [-0.05, 0) is 25.3 Å². The third kappa shape index (κ3) is 1.43. The van der Waals surface area contributed by atoms with Crippen molar-refractivity contribution in [2.24, 2.45) is 11.7 Å². The summed E-state index contributed by atoms with van der Waals surface area (Å²) in [6, 6.07) is 0. The molecule has 0 saturated carbocycles. The lowest BCUT2D eigenvalue weighted by atomic mass is 10.2. The Labute approximate surface area is 62.7 Å². The molecule has 1 fully saturated rings. The van der Waals surface area contributed by atoms with Crippen molar-refractivity contribution in [3.63, 3.8) is 0 Å². The van der Waals surface area contributed by atoms with E-state index in [0.29, 0.717) is 0 Å². The molecule has 1 rings (SSSR count). The van der Waals surface area contributed by atoms with Gasteiger partial charge >= 0.3 is 0 Å². The van der Waals surface area contributed by atoms with Gasteiger partial charge in [-0.25, -0.2) is 0 Å². The minimum Gasteiger partial charge on any atom is -0.386 e. The van der Waals surface area contributed by atoms with Crippen molar-refractivity contribution in [2.75, 3.05) is 13.1 Å². The maximum Gasteiger partial charge on any atom is 0.0942 e. The second-order valence-electron chi connectivity index (χ2n) is 3.05. The van der Waals surface area contributed by atoms with E-state index in [1.165, 1.54) is 6.42 Å². The van der Waals surface area contributed by atoms with Gasteiger partial charge in [0.2, 0.25) is 0 Å². The van der Waals surface area contributed by atoms with Crippen LogP contribution in [-0.4, -0.2) is 18.0 Å². The number of hydrogen-bond donors (Lipinski definition) is 1. The van der Waals surface area contributed by atoms with E-state index >= 15 is 0 Å². The molecule has 2 N–H and O–H groups in total. The Balaban J connectivity index is 2.45. The molecule has 0 radical (unpaired) electrons. The van der Waals surface area contributed by atoms with Crippen molar-refractivity contribution in [3.05, 3.63) is 11.9 Å². The van der Waals surface area contributed by atoms with E-state index in [4.69, 9.17) is 5.73 Å². The van der Waals surface area contributed by atoms with Crippen LogP contribution in [0.1, 0.15) is 20.3 Å². The first-order chi connectivity index (χ1) is 4.74. The minimum absolute atomic E-state index is 0.818. The minimum atomic E-state index is 0.818. The summed E-state index contributed by atoms with van der Waals surface area (Å²) in [7, 11) is 0. The standard InChI is InChI=1S/C8H16N2/c1-3-8(9)10-5-4-7(2)6-10/h3,7H,4-6,9H2,1-2H3/b8-3+. The van der Waals surface area contributed by atoms with Crippen LogP contribution in [0.15, 0.2) is 11.9 Å². The quantitative estimate of drug-likeness (QED) is 0.592. The maximum atomic E-state index is 5.73. The highest BCUT2D eigenvalue weighted by Gasteiger charge is 2.18. The van der Waals surface area contributed by atoms with Crippen LogP contribution >= 0.6 is 0 Å². The summed E-state index contributed by atoms with van der Waals surface area (Å²) >= 11 is 0. The molecular weight excluding hydrogens is 124 g/mol. The van der Waals surface area contributed by atoms with Crippen LogP contribution in [0.3, 0.4) is 0 Å². The topological polar surface area (TPSA) is 29.3 Å². The maximum absolute atomic E-state index is 5.73. The molecule has 0 spiro atoms. The highest BCUT2D eigenvalue weighted by molar-refractivity contribution is 4.96. The summed E-state index contributed by atoms with van der Waals surface area (Å²) in [5.74, 6) is 1.75. The fourth-order valence-electron chi connectivity index (χ4n) is 1.35. The van der Waals surface area contributed by atoms with Crippen LogP contribution in [0.25, 0.3) is 0 Å². The lowest BCUT2D eigenvalue weighted by molar-refractivity contribution is 0.405. The van der Waals surface area contributed by atoms with E-state index in [2.05, 4.69) is 11.8 Å². The zero-order valence-corrected chi connectivity index (χ0v) is 6.80. The Hall–Kier alpha value is -0.660. The smallest absolute Gasteiger partial charge is 0.0942 e. The lowest BCUT2D eigenvalue weighted by Crippen LogP contribution is -2.24. The molecule has 0 aromatic rings. The number of allylic oxidation sites excluding steroid dienone is 1. The summed E-state index contributed by atoms with van der Waals surface area (Å²) in [5, 5.41) is 0. The molecule has 1 atom stereocenters. The Morgan fingerprint density at radius 2 is 2.40 bits per heavy atom. The first kappa shape index (κ1) is 7.45. The predicted molar refractivity (Wildman–Crippen MR) is 43.3 cm³/mol. The van der Waals surface area contributed by atoms with Crippen LogP contribution in [0.4, 0.5) is 0 Å². The van der Waals surface area contributed by atoms with Gasteiger partial charge in [0.15, 0.2) is 0 Å². The van der Waals surface area contributed by atoms with Gasteiger partial charge in [-0.2, -0.15) is 0 Å². The van der Waals surface area contributed by atoms with E-state index in [0.717, 1.165) is 24.8 Å². The summed E-state index contributed by atoms with van der Waals surface area (Å²) in [5.41, 5.74) is 5.73. The second-order valence-corrected chi connectivity index (χ2v) is 3.05. The fraction of sp³-hybridized carbons (Fsp3) is 0.750. The van der Waals surface area contributed by atoms with Crippen LogP contribution in [0.5, 0.6) is 0 Å². The van der Waals surface area contributed by atoms with Crippen molar-refractivity contribution in [3.8, 4) is 0 Å². The molecule has 2 heteroatoms. The van der Waals surface area contributed by atoms with Crippen molar-refractivity contribution in [1.29, 1.82) is 0 Å². The Kier molecular flexibility index (Phi) is 2.20. The largest absolute Gasteiger partial charge is 0.386 e. The number of hydrogen-bond acceptors (Lipinski definition) is 2. The lowest BCUT2D eigenvalue weighted by Gasteiger charge is -2.17. The first-order valence-electron chi connectivity index (χ1n) is 3.90. The zero-order chi connectivity index (χ0) is 7.56. The van der Waals surface area contributed by atoms with Crippen molar-refractivity contribution >= 4 is 0 Å². The summed E-state index contributed by atoms with van der Waals surface area (Å²) in [6.07, 6.45) is 3.26. The SMILES string of the molecule is C/C=C(\N)N1CCC(C)C1. The van der Waals surface area contributed by atoms with Gasteiger partial charge in [-0.1, -0.05) is 6.92 Å². The fourth-order valence-corrected chi connectivity index (χ4v) is 1.35. The van der Waals surface area contributed by atoms with E-state index in [1.54, 1.807) is 0 Å². The number of likely N-dealkylation sites (tertiary alicyclic amines) is 1. The highest BCUT2D eigenvalue weighted by Crippen LogP contribution is 2.16. The average Bonchev–Trinajstić information content (AvgIpc) is 2.34. The molecule has 0 aromatic carbocycles. The molecule has 1 unspecified atom stereocenters. The molecule has 1 aliphatic heterocycles. The molecule has 1 heterocycles. The highest BCUT2D eigenvalue weighted by atomic mass is 15.2. The van der Waals surface area contributed by atoms with Crippen molar-refractivity contribution < 1.29 is 0 Å². The van der Waals surface area contributed by atoms with Gasteiger partial charge in [0, 0.05) is 13.1 Å². The normalized spacial score (nSPS) is 27.6. The van der Waals surface area contributed by atoms with Gasteiger partial charge in [0.25, 0.3) is 0 Å². The van der Waals surface area contributed by atoms with E-state index in [9.17, 15) is 0 Å². The van der Waals surface area contributed by atoms with Crippen LogP contribution < -0.4 is 5.73 Å². The van der Waals surface area contributed by atoms with Gasteiger partial charge < -0.3 is 10.6 Å². The number of nitrogens with two attached hydrogens (primary N) is 1. The van der Waals surface area contributed by atoms with E-state index in [-0.39, 0.29) is 0 Å². The van der Waals surface area contributed by atoms with Crippen LogP contribution in [-0.2, 0) is 0 Å². The Morgan fingerprint density at radius 1 is 1.70 bits per heavy atom. The third-order valence-corrected chi connectivity index (χ3v) is 2.08.